The molecule has 0 aromatic heterocycles. The quantitative estimate of drug-likeness (QED) is 0.751. The van der Waals surface area contributed by atoms with E-state index in [1.165, 1.54) is 11.1 Å². The van der Waals surface area contributed by atoms with Crippen LogP contribution < -0.4 is 4.74 Å². The molecule has 0 aliphatic heterocycles. The van der Waals surface area contributed by atoms with Crippen LogP contribution in [-0.4, -0.2) is 7.11 Å². The van der Waals surface area contributed by atoms with Crippen LogP contribution in [0.3, 0.4) is 0 Å². The molecule has 0 saturated carbocycles. The number of ether oxygens (including phenoxy) is 1. The summed E-state index contributed by atoms with van der Waals surface area (Å²) in [5.74, 6) is 1.52. The van der Waals surface area contributed by atoms with Gasteiger partial charge in [-0.05, 0) is 42.0 Å². The Morgan fingerprint density at radius 1 is 0.944 bits per heavy atom. The lowest BCUT2D eigenvalue weighted by atomic mass is 9.90. The van der Waals surface area contributed by atoms with Crippen molar-refractivity contribution in [3.8, 4) is 5.75 Å². The maximum absolute atomic E-state index is 5.19. The minimum Gasteiger partial charge on any atom is -0.497 e. The first kappa shape index (κ1) is 12.7. The molecule has 0 spiro atoms. The third-order valence-electron chi connectivity index (χ3n) is 3.40. The van der Waals surface area contributed by atoms with Gasteiger partial charge in [-0.1, -0.05) is 49.4 Å². The van der Waals surface area contributed by atoms with E-state index in [2.05, 4.69) is 49.4 Å². The Labute approximate surface area is 109 Å². The molecule has 2 rings (SSSR count). The van der Waals surface area contributed by atoms with Gasteiger partial charge >= 0.3 is 0 Å². The van der Waals surface area contributed by atoms with E-state index in [1.54, 1.807) is 7.11 Å². The number of methoxy groups -OCH3 is 1. The highest BCUT2D eigenvalue weighted by Gasteiger charge is 2.09. The average Bonchev–Trinajstić information content (AvgIpc) is 2.46. The average molecular weight is 240 g/mol. The van der Waals surface area contributed by atoms with Crippen LogP contribution >= 0.6 is 0 Å². The molecule has 1 heteroatoms. The number of rotatable bonds is 5. The van der Waals surface area contributed by atoms with Crippen LogP contribution in [0.25, 0.3) is 0 Å². The largest absolute Gasteiger partial charge is 0.497 e. The maximum atomic E-state index is 5.19. The Balaban J connectivity index is 2.10. The van der Waals surface area contributed by atoms with Crippen LogP contribution in [0.2, 0.25) is 0 Å². The van der Waals surface area contributed by atoms with Gasteiger partial charge in [-0.25, -0.2) is 0 Å². The summed E-state index contributed by atoms with van der Waals surface area (Å²) < 4.78 is 5.19. The van der Waals surface area contributed by atoms with E-state index < -0.39 is 0 Å². The molecule has 1 nitrogen and oxygen atoms in total. The molecular weight excluding hydrogens is 220 g/mol. The van der Waals surface area contributed by atoms with Gasteiger partial charge in [-0.2, -0.15) is 0 Å². The lowest BCUT2D eigenvalue weighted by Crippen LogP contribution is -2.01. The monoisotopic (exact) mass is 240 g/mol. The Kier molecular flexibility index (Phi) is 4.40. The second kappa shape index (κ2) is 6.25. The summed E-state index contributed by atoms with van der Waals surface area (Å²) in [6.45, 7) is 2.25. The molecule has 1 atom stereocenters. The van der Waals surface area contributed by atoms with E-state index in [0.717, 1.165) is 18.6 Å². The van der Waals surface area contributed by atoms with Crippen LogP contribution in [0.15, 0.2) is 54.6 Å². The van der Waals surface area contributed by atoms with E-state index in [9.17, 15) is 0 Å². The standard InChI is InChI=1S/C17H20O/c1-3-15(16-7-5-4-6-8-16)13-14-9-11-17(18-2)12-10-14/h4-12,15H,3,13H2,1-2H3. The summed E-state index contributed by atoms with van der Waals surface area (Å²) in [4.78, 5) is 0. The zero-order valence-electron chi connectivity index (χ0n) is 11.1. The number of hydrogen-bond donors (Lipinski definition) is 0. The first-order valence-corrected chi connectivity index (χ1v) is 6.51. The third-order valence-corrected chi connectivity index (χ3v) is 3.40. The predicted molar refractivity (Wildman–Crippen MR) is 76.2 cm³/mol. The lowest BCUT2D eigenvalue weighted by Gasteiger charge is -2.15. The molecule has 0 heterocycles. The molecule has 94 valence electrons. The molecule has 2 aromatic carbocycles. The molecule has 0 aliphatic rings. The fourth-order valence-corrected chi connectivity index (χ4v) is 2.27. The van der Waals surface area contributed by atoms with E-state index >= 15 is 0 Å². The van der Waals surface area contributed by atoms with Gasteiger partial charge < -0.3 is 4.74 Å². The van der Waals surface area contributed by atoms with Gasteiger partial charge in [0.05, 0.1) is 7.11 Å². The fourth-order valence-electron chi connectivity index (χ4n) is 2.27. The fraction of sp³-hybridized carbons (Fsp3) is 0.294. The maximum Gasteiger partial charge on any atom is 0.118 e. The predicted octanol–water partition coefficient (Wildman–Crippen LogP) is 4.43. The van der Waals surface area contributed by atoms with Crippen molar-refractivity contribution in [1.82, 2.24) is 0 Å². The minimum atomic E-state index is 0.597. The Morgan fingerprint density at radius 2 is 1.61 bits per heavy atom. The van der Waals surface area contributed by atoms with Gasteiger partial charge in [-0.3, -0.25) is 0 Å². The van der Waals surface area contributed by atoms with Crippen LogP contribution in [0, 0.1) is 0 Å². The molecule has 0 bridgehead atoms. The molecule has 1 unspecified atom stereocenters. The molecule has 0 aliphatic carbocycles. The Hall–Kier alpha value is -1.76. The van der Waals surface area contributed by atoms with Gasteiger partial charge in [0.1, 0.15) is 5.75 Å². The van der Waals surface area contributed by atoms with Gasteiger partial charge in [0.2, 0.25) is 0 Å². The van der Waals surface area contributed by atoms with E-state index in [1.807, 2.05) is 12.1 Å². The Bertz CT molecular complexity index is 459. The van der Waals surface area contributed by atoms with Crippen molar-refractivity contribution in [3.05, 3.63) is 65.7 Å². The van der Waals surface area contributed by atoms with E-state index in [-0.39, 0.29) is 0 Å². The minimum absolute atomic E-state index is 0.597. The topological polar surface area (TPSA) is 9.23 Å². The van der Waals surface area contributed by atoms with Crippen molar-refractivity contribution in [2.45, 2.75) is 25.7 Å². The molecule has 0 radical (unpaired) electrons. The van der Waals surface area contributed by atoms with Crippen LogP contribution in [-0.2, 0) is 6.42 Å². The zero-order chi connectivity index (χ0) is 12.8. The Morgan fingerprint density at radius 3 is 2.17 bits per heavy atom. The third kappa shape index (κ3) is 3.13. The molecular formula is C17H20O. The highest BCUT2D eigenvalue weighted by Crippen LogP contribution is 2.24. The van der Waals surface area contributed by atoms with Crippen molar-refractivity contribution in [3.63, 3.8) is 0 Å². The molecule has 0 N–H and O–H groups in total. The van der Waals surface area contributed by atoms with Gasteiger partial charge in [0.15, 0.2) is 0 Å². The van der Waals surface area contributed by atoms with Crippen molar-refractivity contribution in [1.29, 1.82) is 0 Å². The summed E-state index contributed by atoms with van der Waals surface area (Å²) in [6, 6.07) is 19.1. The van der Waals surface area contributed by atoms with Gasteiger partial charge in [0.25, 0.3) is 0 Å². The normalized spacial score (nSPS) is 12.1. The highest BCUT2D eigenvalue weighted by atomic mass is 16.5. The van der Waals surface area contributed by atoms with Crippen LogP contribution in [0.5, 0.6) is 5.75 Å². The van der Waals surface area contributed by atoms with E-state index in [4.69, 9.17) is 4.74 Å². The molecule has 0 amide bonds. The molecule has 2 aromatic rings. The first-order valence-electron chi connectivity index (χ1n) is 6.51. The summed E-state index contributed by atoms with van der Waals surface area (Å²) in [5.41, 5.74) is 2.79. The second-order valence-electron chi connectivity index (χ2n) is 4.57. The summed E-state index contributed by atoms with van der Waals surface area (Å²) in [6.07, 6.45) is 2.25. The highest BCUT2D eigenvalue weighted by molar-refractivity contribution is 5.29. The SMILES string of the molecule is CCC(Cc1ccc(OC)cc1)c1ccccc1. The lowest BCUT2D eigenvalue weighted by molar-refractivity contribution is 0.414. The summed E-state index contributed by atoms with van der Waals surface area (Å²) >= 11 is 0. The van der Waals surface area contributed by atoms with Crippen molar-refractivity contribution in [2.75, 3.05) is 7.11 Å². The first-order chi connectivity index (χ1) is 8.83. The molecule has 0 saturated heterocycles. The summed E-state index contributed by atoms with van der Waals surface area (Å²) in [7, 11) is 1.70. The molecule has 18 heavy (non-hydrogen) atoms. The zero-order valence-corrected chi connectivity index (χ0v) is 11.1. The smallest absolute Gasteiger partial charge is 0.118 e. The number of benzene rings is 2. The van der Waals surface area contributed by atoms with Crippen molar-refractivity contribution in [2.24, 2.45) is 0 Å². The van der Waals surface area contributed by atoms with Crippen LogP contribution in [0.1, 0.15) is 30.4 Å². The molecule has 0 fully saturated rings. The van der Waals surface area contributed by atoms with Gasteiger partial charge in [0, 0.05) is 0 Å². The summed E-state index contributed by atoms with van der Waals surface area (Å²) in [5, 5.41) is 0. The second-order valence-corrected chi connectivity index (χ2v) is 4.57. The number of hydrogen-bond acceptors (Lipinski definition) is 1. The van der Waals surface area contributed by atoms with Gasteiger partial charge in [-0.15, -0.1) is 0 Å². The van der Waals surface area contributed by atoms with E-state index in [0.29, 0.717) is 5.92 Å². The van der Waals surface area contributed by atoms with Crippen molar-refractivity contribution >= 4 is 0 Å². The van der Waals surface area contributed by atoms with Crippen LogP contribution in [0.4, 0.5) is 0 Å². The van der Waals surface area contributed by atoms with Crippen molar-refractivity contribution < 1.29 is 4.74 Å².